The molecule has 0 aliphatic carbocycles. The van der Waals surface area contributed by atoms with Gasteiger partial charge in [-0.15, -0.1) is 11.3 Å². The van der Waals surface area contributed by atoms with Crippen molar-refractivity contribution >= 4 is 23.3 Å². The zero-order chi connectivity index (χ0) is 19.1. The van der Waals surface area contributed by atoms with Crippen molar-refractivity contribution in [3.63, 3.8) is 0 Å². The number of likely N-dealkylation sites (tertiary alicyclic amines) is 1. The highest BCUT2D eigenvalue weighted by atomic mass is 32.1. The molecule has 2 amide bonds. The fraction of sp³-hybridized carbons (Fsp3) is 0.450. The first kappa shape index (κ1) is 19.4. The van der Waals surface area contributed by atoms with E-state index in [9.17, 15) is 9.59 Å². The van der Waals surface area contributed by atoms with Crippen LogP contribution in [0.3, 0.4) is 0 Å². The molecule has 1 aromatic heterocycles. The Bertz CT molecular complexity index is 736. The molecule has 0 spiro atoms. The molecule has 3 rings (SSSR count). The van der Waals surface area contributed by atoms with Crippen molar-refractivity contribution in [2.45, 2.75) is 50.6 Å². The standard InChI is InChI=1S/C20H25N3O3S/c24-18(25)10-9-16(14-15-6-2-1-3-7-15)22-20(26)23-12-5-4-8-17(23)19-21-11-13-27-19/h1-3,6-7,11,13,16-17H,4-5,8-10,12,14H2,(H,22,26)(H,24,25). The molecule has 0 bridgehead atoms. The molecule has 144 valence electrons. The third-order valence-electron chi connectivity index (χ3n) is 4.86. The number of carbonyl (C=O) groups excluding carboxylic acids is 1. The first-order valence-electron chi connectivity index (χ1n) is 9.35. The minimum absolute atomic E-state index is 0.00981. The van der Waals surface area contributed by atoms with Crippen molar-refractivity contribution in [2.75, 3.05) is 6.54 Å². The summed E-state index contributed by atoms with van der Waals surface area (Å²) >= 11 is 1.58. The summed E-state index contributed by atoms with van der Waals surface area (Å²) in [6.45, 7) is 0.701. The Morgan fingerprint density at radius 3 is 2.81 bits per heavy atom. The maximum Gasteiger partial charge on any atom is 0.318 e. The summed E-state index contributed by atoms with van der Waals surface area (Å²) < 4.78 is 0. The van der Waals surface area contributed by atoms with E-state index in [1.807, 2.05) is 40.6 Å². The molecule has 0 saturated carbocycles. The second-order valence-corrected chi connectivity index (χ2v) is 7.77. The van der Waals surface area contributed by atoms with Crippen LogP contribution in [-0.4, -0.2) is 39.6 Å². The van der Waals surface area contributed by atoms with E-state index in [1.54, 1.807) is 17.5 Å². The Kier molecular flexibility index (Phi) is 6.81. The van der Waals surface area contributed by atoms with Crippen LogP contribution in [0.1, 0.15) is 48.7 Å². The van der Waals surface area contributed by atoms with Gasteiger partial charge in [0, 0.05) is 30.6 Å². The number of piperidine rings is 1. The number of rotatable bonds is 7. The van der Waals surface area contributed by atoms with Crippen LogP contribution in [0.15, 0.2) is 41.9 Å². The zero-order valence-corrected chi connectivity index (χ0v) is 16.0. The van der Waals surface area contributed by atoms with E-state index in [2.05, 4.69) is 10.3 Å². The van der Waals surface area contributed by atoms with Crippen LogP contribution < -0.4 is 5.32 Å². The molecule has 1 saturated heterocycles. The Morgan fingerprint density at radius 1 is 1.30 bits per heavy atom. The van der Waals surface area contributed by atoms with E-state index in [4.69, 9.17) is 5.11 Å². The van der Waals surface area contributed by atoms with Gasteiger partial charge in [0.25, 0.3) is 0 Å². The fourth-order valence-corrected chi connectivity index (χ4v) is 4.29. The summed E-state index contributed by atoms with van der Waals surface area (Å²) in [5, 5.41) is 15.0. The maximum absolute atomic E-state index is 13.0. The minimum atomic E-state index is -0.846. The largest absolute Gasteiger partial charge is 0.481 e. The average Bonchev–Trinajstić information content (AvgIpc) is 3.21. The van der Waals surface area contributed by atoms with Crippen molar-refractivity contribution in [3.8, 4) is 0 Å². The number of carbonyl (C=O) groups is 2. The van der Waals surface area contributed by atoms with Crippen molar-refractivity contribution in [1.29, 1.82) is 0 Å². The van der Waals surface area contributed by atoms with Crippen LogP contribution in [0.4, 0.5) is 4.79 Å². The second kappa shape index (κ2) is 9.50. The highest BCUT2D eigenvalue weighted by Gasteiger charge is 2.30. The van der Waals surface area contributed by atoms with Gasteiger partial charge in [-0.25, -0.2) is 9.78 Å². The van der Waals surface area contributed by atoms with Gasteiger partial charge in [-0.2, -0.15) is 0 Å². The summed E-state index contributed by atoms with van der Waals surface area (Å²) in [5.74, 6) is -0.846. The highest BCUT2D eigenvalue weighted by molar-refractivity contribution is 7.09. The lowest BCUT2D eigenvalue weighted by molar-refractivity contribution is -0.137. The van der Waals surface area contributed by atoms with Gasteiger partial charge in [0.1, 0.15) is 5.01 Å². The van der Waals surface area contributed by atoms with Crippen LogP contribution in [0.5, 0.6) is 0 Å². The highest BCUT2D eigenvalue weighted by Crippen LogP contribution is 2.32. The molecule has 1 fully saturated rings. The van der Waals surface area contributed by atoms with E-state index >= 15 is 0 Å². The minimum Gasteiger partial charge on any atom is -0.481 e. The van der Waals surface area contributed by atoms with Crippen molar-refractivity contribution in [1.82, 2.24) is 15.2 Å². The number of amides is 2. The van der Waals surface area contributed by atoms with Crippen LogP contribution in [0.25, 0.3) is 0 Å². The van der Waals surface area contributed by atoms with Gasteiger partial charge in [-0.1, -0.05) is 30.3 Å². The normalized spacial score (nSPS) is 18.1. The first-order chi connectivity index (χ1) is 13.1. The average molecular weight is 388 g/mol. The van der Waals surface area contributed by atoms with E-state index in [0.717, 1.165) is 29.8 Å². The third kappa shape index (κ3) is 5.53. The summed E-state index contributed by atoms with van der Waals surface area (Å²) in [5.41, 5.74) is 1.09. The van der Waals surface area contributed by atoms with E-state index in [0.29, 0.717) is 19.4 Å². The lowest BCUT2D eigenvalue weighted by Crippen LogP contribution is -2.48. The van der Waals surface area contributed by atoms with Crippen molar-refractivity contribution < 1.29 is 14.7 Å². The summed E-state index contributed by atoms with van der Waals surface area (Å²) in [4.78, 5) is 30.3. The SMILES string of the molecule is O=C(O)CCC(Cc1ccccc1)NC(=O)N1CCCCC1c1nccs1. The second-order valence-electron chi connectivity index (χ2n) is 6.84. The zero-order valence-electron chi connectivity index (χ0n) is 15.2. The molecule has 1 aromatic carbocycles. The molecule has 2 heterocycles. The molecule has 1 aliphatic rings. The summed E-state index contributed by atoms with van der Waals surface area (Å²) in [6.07, 6.45) is 5.82. The molecule has 7 heteroatoms. The number of hydrogen-bond donors (Lipinski definition) is 2. The van der Waals surface area contributed by atoms with Crippen LogP contribution in [-0.2, 0) is 11.2 Å². The molecule has 2 unspecified atom stereocenters. The topological polar surface area (TPSA) is 82.5 Å². The molecule has 2 N–H and O–H groups in total. The van der Waals surface area contributed by atoms with Crippen molar-refractivity contribution in [3.05, 3.63) is 52.5 Å². The number of hydrogen-bond acceptors (Lipinski definition) is 4. The van der Waals surface area contributed by atoms with E-state index < -0.39 is 5.97 Å². The number of nitrogens with zero attached hydrogens (tertiary/aromatic N) is 2. The molecule has 2 atom stereocenters. The van der Waals surface area contributed by atoms with Gasteiger partial charge in [0.05, 0.1) is 6.04 Å². The van der Waals surface area contributed by atoms with E-state index in [1.165, 1.54) is 0 Å². The number of benzene rings is 1. The molecule has 27 heavy (non-hydrogen) atoms. The number of nitrogens with one attached hydrogen (secondary N) is 1. The van der Waals surface area contributed by atoms with Crippen LogP contribution in [0.2, 0.25) is 0 Å². The Morgan fingerprint density at radius 2 is 2.11 bits per heavy atom. The van der Waals surface area contributed by atoms with Gasteiger partial charge < -0.3 is 15.3 Å². The number of urea groups is 1. The monoisotopic (exact) mass is 387 g/mol. The Balaban J connectivity index is 1.68. The van der Waals surface area contributed by atoms with Gasteiger partial charge in [0.15, 0.2) is 0 Å². The Hall–Kier alpha value is -2.41. The van der Waals surface area contributed by atoms with Crippen molar-refractivity contribution in [2.24, 2.45) is 0 Å². The van der Waals surface area contributed by atoms with E-state index in [-0.39, 0.29) is 24.5 Å². The maximum atomic E-state index is 13.0. The molecule has 1 aliphatic heterocycles. The Labute approximate surface area is 163 Å². The summed E-state index contributed by atoms with van der Waals surface area (Å²) in [6, 6.07) is 9.52. The quantitative estimate of drug-likeness (QED) is 0.756. The number of carboxylic acids is 1. The van der Waals surface area contributed by atoms with Gasteiger partial charge in [-0.05, 0) is 37.7 Å². The first-order valence-corrected chi connectivity index (χ1v) is 10.2. The molecular formula is C20H25N3O3S. The predicted octanol–water partition coefficient (Wildman–Crippen LogP) is 3.86. The summed E-state index contributed by atoms with van der Waals surface area (Å²) in [7, 11) is 0. The van der Waals surface area contributed by atoms with Crippen LogP contribution in [0, 0.1) is 0 Å². The van der Waals surface area contributed by atoms with Gasteiger partial charge in [-0.3, -0.25) is 4.79 Å². The lowest BCUT2D eigenvalue weighted by atomic mass is 10.0. The smallest absolute Gasteiger partial charge is 0.318 e. The number of thiazole rings is 1. The molecule has 0 radical (unpaired) electrons. The lowest BCUT2D eigenvalue weighted by Gasteiger charge is -2.35. The van der Waals surface area contributed by atoms with Crippen LogP contribution >= 0.6 is 11.3 Å². The van der Waals surface area contributed by atoms with Gasteiger partial charge >= 0.3 is 12.0 Å². The van der Waals surface area contributed by atoms with Gasteiger partial charge in [0.2, 0.25) is 0 Å². The molecule has 6 nitrogen and oxygen atoms in total. The molecule has 2 aromatic rings. The third-order valence-corrected chi connectivity index (χ3v) is 5.74. The number of carboxylic acid groups (broad SMARTS) is 1. The number of aromatic nitrogens is 1. The molecular weight excluding hydrogens is 362 g/mol. The fourth-order valence-electron chi connectivity index (χ4n) is 3.51. The predicted molar refractivity (Wildman–Crippen MR) is 105 cm³/mol. The number of aliphatic carboxylic acids is 1.